The maximum absolute atomic E-state index is 12.1. The molecule has 2 heterocycles. The molecular weight excluding hydrogens is 360 g/mol. The van der Waals surface area contributed by atoms with E-state index in [2.05, 4.69) is 41.8 Å². The number of rotatable bonds is 4. The monoisotopic (exact) mass is 380 g/mol. The fourth-order valence-corrected chi connectivity index (χ4v) is 3.99. The van der Waals surface area contributed by atoms with Crippen molar-refractivity contribution < 1.29 is 9.21 Å². The Hall–Kier alpha value is -3.79. The summed E-state index contributed by atoms with van der Waals surface area (Å²) in [6.45, 7) is 2.78. The average Bonchev–Trinajstić information content (AvgIpc) is 3.36. The highest BCUT2D eigenvalue weighted by atomic mass is 16.3. The van der Waals surface area contributed by atoms with Crippen LogP contribution in [0.4, 0.5) is 0 Å². The molecule has 142 valence electrons. The lowest BCUT2D eigenvalue weighted by Crippen LogP contribution is -2.11. The number of nitrogens with zero attached hydrogens (tertiary/aromatic N) is 1. The maximum atomic E-state index is 12.1. The van der Waals surface area contributed by atoms with Crippen LogP contribution in [0.25, 0.3) is 33.1 Å². The van der Waals surface area contributed by atoms with Gasteiger partial charge in [0.1, 0.15) is 5.76 Å². The average molecular weight is 380 g/mol. The number of amides is 1. The van der Waals surface area contributed by atoms with E-state index in [0.29, 0.717) is 12.1 Å². The molecule has 0 atom stereocenters. The smallest absolute Gasteiger partial charge is 0.249 e. The highest BCUT2D eigenvalue weighted by molar-refractivity contribution is 6.18. The van der Waals surface area contributed by atoms with E-state index in [-0.39, 0.29) is 0 Å². The van der Waals surface area contributed by atoms with E-state index in [9.17, 15) is 4.79 Å². The molecule has 0 unspecified atom stereocenters. The number of carbonyl (C=O) groups is 1. The first-order chi connectivity index (χ1) is 14.1. The predicted molar refractivity (Wildman–Crippen MR) is 116 cm³/mol. The van der Waals surface area contributed by atoms with Crippen molar-refractivity contribution >= 4 is 27.7 Å². The Bertz CT molecular complexity index is 1340. The second-order valence-electron chi connectivity index (χ2n) is 7.34. The maximum Gasteiger partial charge on any atom is 0.249 e. The lowest BCUT2D eigenvalue weighted by Gasteiger charge is -2.09. The van der Waals surface area contributed by atoms with Gasteiger partial charge in [0.25, 0.3) is 0 Å². The van der Waals surface area contributed by atoms with Crippen molar-refractivity contribution in [2.45, 2.75) is 13.5 Å². The van der Waals surface area contributed by atoms with E-state index >= 15 is 0 Å². The van der Waals surface area contributed by atoms with E-state index in [1.165, 1.54) is 11.1 Å². The molecule has 0 bridgehead atoms. The van der Waals surface area contributed by atoms with Crippen molar-refractivity contribution in [3.63, 3.8) is 0 Å². The normalized spacial score (nSPS) is 11.3. The van der Waals surface area contributed by atoms with E-state index < -0.39 is 5.91 Å². The summed E-state index contributed by atoms with van der Waals surface area (Å²) in [5.74, 6) is 0.397. The van der Waals surface area contributed by atoms with Crippen LogP contribution < -0.4 is 5.73 Å². The molecule has 0 aliphatic carbocycles. The summed E-state index contributed by atoms with van der Waals surface area (Å²) in [6, 6.07) is 24.3. The van der Waals surface area contributed by atoms with Crippen LogP contribution in [-0.4, -0.2) is 10.5 Å². The van der Waals surface area contributed by atoms with Crippen LogP contribution in [0.2, 0.25) is 0 Å². The minimum Gasteiger partial charge on any atom is -0.464 e. The summed E-state index contributed by atoms with van der Waals surface area (Å²) in [5, 5.41) is 1.91. The van der Waals surface area contributed by atoms with Crippen LogP contribution in [0.1, 0.15) is 21.5 Å². The molecule has 4 nitrogen and oxygen atoms in total. The Morgan fingerprint density at radius 3 is 2.52 bits per heavy atom. The highest BCUT2D eigenvalue weighted by Crippen LogP contribution is 2.35. The first-order valence-corrected chi connectivity index (χ1v) is 9.56. The topological polar surface area (TPSA) is 61.2 Å². The highest BCUT2D eigenvalue weighted by Gasteiger charge is 2.17. The summed E-state index contributed by atoms with van der Waals surface area (Å²) < 4.78 is 7.84. The van der Waals surface area contributed by atoms with Crippen LogP contribution in [0, 0.1) is 6.92 Å². The molecule has 5 aromatic rings. The molecule has 3 aromatic carbocycles. The van der Waals surface area contributed by atoms with Gasteiger partial charge in [0.15, 0.2) is 0 Å². The first-order valence-electron chi connectivity index (χ1n) is 9.56. The van der Waals surface area contributed by atoms with Crippen molar-refractivity contribution in [2.24, 2.45) is 5.73 Å². The van der Waals surface area contributed by atoms with Gasteiger partial charge in [-0.2, -0.15) is 0 Å². The quantitative estimate of drug-likeness (QED) is 0.447. The minimum atomic E-state index is -0.417. The van der Waals surface area contributed by atoms with Crippen LogP contribution in [0.5, 0.6) is 0 Å². The molecule has 1 amide bonds. The third kappa shape index (κ3) is 2.90. The standard InChI is InChI=1S/C25H20N2O2/c1-16-7-9-17(10-8-16)15-27-21-5-2-4-20(25(26)28)24(21)19-12-11-18(14-22(19)27)23-6-3-13-29-23/h2-14H,15H2,1H3,(H2,26,28). The zero-order chi connectivity index (χ0) is 20.0. The fraction of sp³-hybridized carbons (Fsp3) is 0.0800. The zero-order valence-corrected chi connectivity index (χ0v) is 16.1. The van der Waals surface area contributed by atoms with Crippen molar-refractivity contribution in [3.05, 3.63) is 95.7 Å². The molecule has 0 radical (unpaired) electrons. The summed E-state index contributed by atoms with van der Waals surface area (Å²) in [6.07, 6.45) is 1.67. The number of furan rings is 1. The molecule has 0 saturated carbocycles. The molecule has 0 saturated heterocycles. The summed E-state index contributed by atoms with van der Waals surface area (Å²) in [5.41, 5.74) is 11.7. The largest absolute Gasteiger partial charge is 0.464 e. The van der Waals surface area contributed by atoms with Gasteiger partial charge in [-0.1, -0.05) is 48.0 Å². The zero-order valence-electron chi connectivity index (χ0n) is 16.1. The molecule has 4 heteroatoms. The first kappa shape index (κ1) is 17.3. The second kappa shape index (κ2) is 6.67. The SMILES string of the molecule is Cc1ccc(Cn2c3cc(-c4ccco4)ccc3c3c(C(N)=O)cccc32)cc1. The number of carbonyl (C=O) groups excluding carboxylic acids is 1. The van der Waals surface area contributed by atoms with E-state index in [1.54, 1.807) is 12.3 Å². The molecule has 0 aliphatic heterocycles. The molecule has 5 rings (SSSR count). The number of hydrogen-bond acceptors (Lipinski definition) is 2. The van der Waals surface area contributed by atoms with Gasteiger partial charge in [-0.05, 0) is 42.8 Å². The number of aromatic nitrogens is 1. The number of primary amides is 1. The van der Waals surface area contributed by atoms with Gasteiger partial charge in [-0.25, -0.2) is 0 Å². The fourth-order valence-electron chi connectivity index (χ4n) is 3.99. The molecule has 0 spiro atoms. The predicted octanol–water partition coefficient (Wildman–Crippen LogP) is 5.51. The van der Waals surface area contributed by atoms with Gasteiger partial charge >= 0.3 is 0 Å². The molecule has 2 aromatic heterocycles. The number of hydrogen-bond donors (Lipinski definition) is 1. The van der Waals surface area contributed by atoms with E-state index in [1.807, 2.05) is 36.4 Å². The Morgan fingerprint density at radius 2 is 1.79 bits per heavy atom. The van der Waals surface area contributed by atoms with Gasteiger partial charge in [0, 0.05) is 28.4 Å². The Balaban J connectivity index is 1.81. The Kier molecular flexibility index (Phi) is 3.98. The van der Waals surface area contributed by atoms with Gasteiger partial charge < -0.3 is 14.7 Å². The molecule has 2 N–H and O–H groups in total. The summed E-state index contributed by atoms with van der Waals surface area (Å²) in [7, 11) is 0. The number of fused-ring (bicyclic) bond motifs is 3. The molecule has 0 aliphatic rings. The van der Waals surface area contributed by atoms with Gasteiger partial charge in [0.05, 0.1) is 17.3 Å². The Labute approximate surface area is 168 Å². The van der Waals surface area contributed by atoms with Crippen molar-refractivity contribution in [1.82, 2.24) is 4.57 Å². The van der Waals surface area contributed by atoms with Gasteiger partial charge in [-0.3, -0.25) is 4.79 Å². The van der Waals surface area contributed by atoms with Gasteiger partial charge in [0.2, 0.25) is 5.91 Å². The summed E-state index contributed by atoms with van der Waals surface area (Å²) in [4.78, 5) is 12.1. The number of nitrogens with two attached hydrogens (primary N) is 1. The van der Waals surface area contributed by atoms with Crippen LogP contribution in [0.3, 0.4) is 0 Å². The third-order valence-corrected chi connectivity index (χ3v) is 5.42. The van der Waals surface area contributed by atoms with Crippen molar-refractivity contribution in [2.75, 3.05) is 0 Å². The molecular formula is C25H20N2O2. The van der Waals surface area contributed by atoms with Crippen LogP contribution in [-0.2, 0) is 6.54 Å². The third-order valence-electron chi connectivity index (χ3n) is 5.42. The Morgan fingerprint density at radius 1 is 0.966 bits per heavy atom. The summed E-state index contributed by atoms with van der Waals surface area (Å²) >= 11 is 0. The van der Waals surface area contributed by atoms with Crippen molar-refractivity contribution in [1.29, 1.82) is 0 Å². The second-order valence-corrected chi connectivity index (χ2v) is 7.34. The lowest BCUT2D eigenvalue weighted by molar-refractivity contribution is 0.100. The van der Waals surface area contributed by atoms with E-state index in [0.717, 1.165) is 33.1 Å². The lowest BCUT2D eigenvalue weighted by atomic mass is 10.0. The van der Waals surface area contributed by atoms with E-state index in [4.69, 9.17) is 10.2 Å². The van der Waals surface area contributed by atoms with Crippen molar-refractivity contribution in [3.8, 4) is 11.3 Å². The van der Waals surface area contributed by atoms with Gasteiger partial charge in [-0.15, -0.1) is 0 Å². The minimum absolute atomic E-state index is 0.417. The number of benzene rings is 3. The molecule has 0 fully saturated rings. The van der Waals surface area contributed by atoms with Crippen LogP contribution in [0.15, 0.2) is 83.5 Å². The molecule has 29 heavy (non-hydrogen) atoms. The van der Waals surface area contributed by atoms with Crippen LogP contribution >= 0.6 is 0 Å². The number of aryl methyl sites for hydroxylation is 1.